The first-order valence-corrected chi connectivity index (χ1v) is 9.14. The molecule has 4 nitrogen and oxygen atoms in total. The van der Waals surface area contributed by atoms with Crippen molar-refractivity contribution >= 4 is 22.5 Å². The van der Waals surface area contributed by atoms with Crippen molar-refractivity contribution in [2.45, 2.75) is 33.1 Å². The molecule has 0 saturated heterocycles. The SMILES string of the molecule is COc1ccc(C)cc1NC(=O)c1ccc2[nH]c3c(c2c1)C[C@H](C)CC3. The van der Waals surface area contributed by atoms with Gasteiger partial charge in [-0.05, 0) is 73.6 Å². The van der Waals surface area contributed by atoms with Gasteiger partial charge in [0.2, 0.25) is 0 Å². The van der Waals surface area contributed by atoms with E-state index in [2.05, 4.69) is 17.2 Å². The first-order chi connectivity index (χ1) is 12.5. The number of hydrogen-bond donors (Lipinski definition) is 2. The summed E-state index contributed by atoms with van der Waals surface area (Å²) in [5.74, 6) is 1.24. The van der Waals surface area contributed by atoms with E-state index < -0.39 is 0 Å². The van der Waals surface area contributed by atoms with Gasteiger partial charge in [0, 0.05) is 22.2 Å². The summed E-state index contributed by atoms with van der Waals surface area (Å²) in [6.07, 6.45) is 3.39. The molecule has 0 bridgehead atoms. The number of aromatic amines is 1. The second-order valence-electron chi connectivity index (χ2n) is 7.35. The fourth-order valence-electron chi connectivity index (χ4n) is 3.85. The van der Waals surface area contributed by atoms with Gasteiger partial charge in [0.1, 0.15) is 5.75 Å². The molecule has 0 unspecified atom stereocenters. The summed E-state index contributed by atoms with van der Waals surface area (Å²) < 4.78 is 5.36. The summed E-state index contributed by atoms with van der Waals surface area (Å²) >= 11 is 0. The van der Waals surface area contributed by atoms with Gasteiger partial charge in [-0.15, -0.1) is 0 Å². The van der Waals surface area contributed by atoms with Gasteiger partial charge in [0.05, 0.1) is 12.8 Å². The number of benzene rings is 2. The largest absolute Gasteiger partial charge is 0.495 e. The molecule has 0 aliphatic heterocycles. The van der Waals surface area contributed by atoms with Crippen molar-refractivity contribution in [3.05, 3.63) is 58.8 Å². The van der Waals surface area contributed by atoms with Crippen LogP contribution in [0.1, 0.15) is 40.5 Å². The van der Waals surface area contributed by atoms with Crippen LogP contribution in [0.25, 0.3) is 10.9 Å². The molecule has 1 amide bonds. The van der Waals surface area contributed by atoms with Gasteiger partial charge in [-0.3, -0.25) is 4.79 Å². The van der Waals surface area contributed by atoms with E-state index in [1.807, 2.05) is 43.3 Å². The van der Waals surface area contributed by atoms with Crippen LogP contribution in [0.5, 0.6) is 5.75 Å². The van der Waals surface area contributed by atoms with Crippen molar-refractivity contribution in [2.75, 3.05) is 12.4 Å². The standard InChI is InChI=1S/C22H24N2O2/c1-13-4-7-18-16(10-13)17-12-15(6-8-19(17)23-18)22(25)24-20-11-14(2)5-9-21(20)26-3/h5-6,8-9,11-13,23H,4,7,10H2,1-3H3,(H,24,25)/t13-/m1/s1. The lowest BCUT2D eigenvalue weighted by Crippen LogP contribution is -2.13. The van der Waals surface area contributed by atoms with E-state index in [4.69, 9.17) is 4.74 Å². The lowest BCUT2D eigenvalue weighted by Gasteiger charge is -2.18. The van der Waals surface area contributed by atoms with Crippen LogP contribution in [-0.4, -0.2) is 18.0 Å². The van der Waals surface area contributed by atoms with E-state index in [0.29, 0.717) is 22.9 Å². The minimum absolute atomic E-state index is 0.116. The molecule has 134 valence electrons. The Hall–Kier alpha value is -2.75. The Balaban J connectivity index is 1.67. The second kappa shape index (κ2) is 6.52. The van der Waals surface area contributed by atoms with Gasteiger partial charge in [0.25, 0.3) is 5.91 Å². The molecule has 0 saturated carbocycles. The lowest BCUT2D eigenvalue weighted by atomic mass is 9.87. The normalized spacial score (nSPS) is 16.3. The predicted molar refractivity (Wildman–Crippen MR) is 105 cm³/mol. The van der Waals surface area contributed by atoms with Crippen LogP contribution in [0.2, 0.25) is 0 Å². The third kappa shape index (κ3) is 2.96. The number of H-pyrrole nitrogens is 1. The summed E-state index contributed by atoms with van der Waals surface area (Å²) in [5, 5.41) is 4.17. The lowest BCUT2D eigenvalue weighted by molar-refractivity contribution is 0.102. The fraction of sp³-hybridized carbons (Fsp3) is 0.318. The molecule has 1 aromatic heterocycles. The number of carbonyl (C=O) groups is 1. The number of rotatable bonds is 3. The van der Waals surface area contributed by atoms with Gasteiger partial charge in [0.15, 0.2) is 0 Å². The third-order valence-electron chi connectivity index (χ3n) is 5.30. The number of anilines is 1. The summed E-state index contributed by atoms with van der Waals surface area (Å²) in [4.78, 5) is 16.3. The van der Waals surface area contributed by atoms with E-state index in [1.165, 1.54) is 23.1 Å². The van der Waals surface area contributed by atoms with E-state index in [9.17, 15) is 4.79 Å². The molecule has 2 aromatic carbocycles. The Morgan fingerprint density at radius 2 is 2.08 bits per heavy atom. The number of methoxy groups -OCH3 is 1. The number of amides is 1. The van der Waals surface area contributed by atoms with Crippen LogP contribution in [0.3, 0.4) is 0 Å². The van der Waals surface area contributed by atoms with Crippen LogP contribution < -0.4 is 10.1 Å². The number of fused-ring (bicyclic) bond motifs is 3. The molecule has 0 radical (unpaired) electrons. The molecule has 1 heterocycles. The molecule has 2 N–H and O–H groups in total. The van der Waals surface area contributed by atoms with Gasteiger partial charge in [-0.1, -0.05) is 13.0 Å². The van der Waals surface area contributed by atoms with Crippen LogP contribution in [0, 0.1) is 12.8 Å². The van der Waals surface area contributed by atoms with Crippen LogP contribution in [0.15, 0.2) is 36.4 Å². The average molecular weight is 348 g/mol. The number of hydrogen-bond acceptors (Lipinski definition) is 2. The molecule has 0 spiro atoms. The molecule has 1 aliphatic carbocycles. The number of carbonyl (C=O) groups excluding carboxylic acids is 1. The number of aryl methyl sites for hydroxylation is 2. The van der Waals surface area contributed by atoms with Gasteiger partial charge in [-0.2, -0.15) is 0 Å². The van der Waals surface area contributed by atoms with Crippen molar-refractivity contribution < 1.29 is 9.53 Å². The van der Waals surface area contributed by atoms with E-state index >= 15 is 0 Å². The van der Waals surface area contributed by atoms with Gasteiger partial charge >= 0.3 is 0 Å². The maximum atomic E-state index is 12.8. The van der Waals surface area contributed by atoms with Crippen molar-refractivity contribution in [3.63, 3.8) is 0 Å². The Kier molecular flexibility index (Phi) is 4.19. The fourth-order valence-corrected chi connectivity index (χ4v) is 3.85. The van der Waals surface area contributed by atoms with Crippen molar-refractivity contribution in [1.29, 1.82) is 0 Å². The first-order valence-electron chi connectivity index (χ1n) is 9.14. The highest BCUT2D eigenvalue weighted by Gasteiger charge is 2.20. The van der Waals surface area contributed by atoms with Crippen molar-refractivity contribution in [1.82, 2.24) is 4.98 Å². The van der Waals surface area contributed by atoms with Crippen LogP contribution >= 0.6 is 0 Å². The summed E-state index contributed by atoms with van der Waals surface area (Å²) in [5.41, 5.74) is 6.26. The number of ether oxygens (including phenoxy) is 1. The highest BCUT2D eigenvalue weighted by Crippen LogP contribution is 2.32. The molecule has 1 aliphatic rings. The Morgan fingerprint density at radius 3 is 2.88 bits per heavy atom. The van der Waals surface area contributed by atoms with Gasteiger partial charge in [-0.25, -0.2) is 0 Å². The zero-order valence-corrected chi connectivity index (χ0v) is 15.5. The highest BCUT2D eigenvalue weighted by atomic mass is 16.5. The minimum atomic E-state index is -0.116. The topological polar surface area (TPSA) is 54.1 Å². The maximum Gasteiger partial charge on any atom is 0.255 e. The number of nitrogens with one attached hydrogen (secondary N) is 2. The van der Waals surface area contributed by atoms with Crippen LogP contribution in [0.4, 0.5) is 5.69 Å². The first kappa shape index (κ1) is 16.7. The average Bonchev–Trinajstić information content (AvgIpc) is 2.99. The number of aromatic nitrogens is 1. The molecular formula is C22H24N2O2. The Morgan fingerprint density at radius 1 is 1.23 bits per heavy atom. The highest BCUT2D eigenvalue weighted by molar-refractivity contribution is 6.07. The zero-order chi connectivity index (χ0) is 18.3. The monoisotopic (exact) mass is 348 g/mol. The minimum Gasteiger partial charge on any atom is -0.495 e. The molecule has 4 heteroatoms. The van der Waals surface area contributed by atoms with Gasteiger partial charge < -0.3 is 15.0 Å². The Labute approximate surface area is 153 Å². The Bertz CT molecular complexity index is 987. The van der Waals surface area contributed by atoms with Crippen LogP contribution in [-0.2, 0) is 12.8 Å². The summed E-state index contributed by atoms with van der Waals surface area (Å²) in [6.45, 7) is 4.29. The third-order valence-corrected chi connectivity index (χ3v) is 5.30. The molecule has 4 rings (SSSR count). The smallest absolute Gasteiger partial charge is 0.255 e. The maximum absolute atomic E-state index is 12.8. The molecule has 1 atom stereocenters. The predicted octanol–water partition coefficient (Wildman–Crippen LogP) is 4.86. The van der Waals surface area contributed by atoms with E-state index in [0.717, 1.165) is 23.9 Å². The molecule has 26 heavy (non-hydrogen) atoms. The molecule has 3 aromatic rings. The van der Waals surface area contributed by atoms with E-state index in [1.54, 1.807) is 7.11 Å². The van der Waals surface area contributed by atoms with E-state index in [-0.39, 0.29) is 5.91 Å². The summed E-state index contributed by atoms with van der Waals surface area (Å²) in [6, 6.07) is 11.7. The summed E-state index contributed by atoms with van der Waals surface area (Å²) in [7, 11) is 1.61. The zero-order valence-electron chi connectivity index (χ0n) is 15.5. The second-order valence-corrected chi connectivity index (χ2v) is 7.35. The molecule has 0 fully saturated rings. The quantitative estimate of drug-likeness (QED) is 0.710. The molecular weight excluding hydrogens is 324 g/mol. The van der Waals surface area contributed by atoms with Crippen molar-refractivity contribution in [2.24, 2.45) is 5.92 Å². The van der Waals surface area contributed by atoms with Crippen molar-refractivity contribution in [3.8, 4) is 5.75 Å².